The van der Waals surface area contributed by atoms with Crippen LogP contribution in [-0.4, -0.2) is 19.2 Å². The Balaban J connectivity index is 2.14. The Morgan fingerprint density at radius 1 is 1.17 bits per heavy atom. The first-order valence-electron chi connectivity index (χ1n) is 7.38. The standard InChI is InChI=1S/C19H17BrO4/c1-3-10-23-19(21)15-8-9-17(18(12-15)22-4-2)24-13-14-6-5-7-16(20)11-14/h1,5-9,11-12H,4,10,13H2,2H3. The highest BCUT2D eigenvalue weighted by Gasteiger charge is 2.12. The fourth-order valence-electron chi connectivity index (χ4n) is 2.00. The van der Waals surface area contributed by atoms with Gasteiger partial charge in [-0.25, -0.2) is 4.79 Å². The van der Waals surface area contributed by atoms with Gasteiger partial charge in [0.2, 0.25) is 0 Å². The monoisotopic (exact) mass is 388 g/mol. The highest BCUT2D eigenvalue weighted by atomic mass is 79.9. The third kappa shape index (κ3) is 5.04. The van der Waals surface area contributed by atoms with Crippen LogP contribution < -0.4 is 9.47 Å². The van der Waals surface area contributed by atoms with Gasteiger partial charge in [0.25, 0.3) is 0 Å². The molecular weight excluding hydrogens is 372 g/mol. The summed E-state index contributed by atoms with van der Waals surface area (Å²) in [6.45, 7) is 2.64. The first-order valence-corrected chi connectivity index (χ1v) is 8.18. The maximum Gasteiger partial charge on any atom is 0.339 e. The number of benzene rings is 2. The zero-order valence-corrected chi connectivity index (χ0v) is 14.8. The smallest absolute Gasteiger partial charge is 0.339 e. The largest absolute Gasteiger partial charge is 0.490 e. The highest BCUT2D eigenvalue weighted by Crippen LogP contribution is 2.29. The molecule has 0 aliphatic carbocycles. The van der Waals surface area contributed by atoms with Crippen LogP contribution in [0.25, 0.3) is 0 Å². The lowest BCUT2D eigenvalue weighted by Gasteiger charge is -2.13. The van der Waals surface area contributed by atoms with E-state index in [4.69, 9.17) is 20.6 Å². The zero-order chi connectivity index (χ0) is 17.4. The summed E-state index contributed by atoms with van der Waals surface area (Å²) in [5, 5.41) is 0. The molecule has 2 aromatic rings. The molecule has 0 saturated carbocycles. The quantitative estimate of drug-likeness (QED) is 0.526. The maximum atomic E-state index is 11.9. The Morgan fingerprint density at radius 2 is 2.00 bits per heavy atom. The Bertz CT molecular complexity index is 749. The van der Waals surface area contributed by atoms with Gasteiger partial charge in [-0.1, -0.05) is 34.0 Å². The van der Waals surface area contributed by atoms with E-state index in [-0.39, 0.29) is 6.61 Å². The fourth-order valence-corrected chi connectivity index (χ4v) is 2.45. The van der Waals surface area contributed by atoms with Crippen LogP contribution in [0.4, 0.5) is 0 Å². The van der Waals surface area contributed by atoms with Crippen molar-refractivity contribution < 1.29 is 19.0 Å². The van der Waals surface area contributed by atoms with Gasteiger partial charge < -0.3 is 14.2 Å². The van der Waals surface area contributed by atoms with Gasteiger partial charge in [-0.05, 0) is 42.8 Å². The van der Waals surface area contributed by atoms with E-state index in [1.807, 2.05) is 31.2 Å². The minimum atomic E-state index is -0.493. The van der Waals surface area contributed by atoms with Gasteiger partial charge in [-0.15, -0.1) is 6.42 Å². The van der Waals surface area contributed by atoms with Gasteiger partial charge in [-0.3, -0.25) is 0 Å². The van der Waals surface area contributed by atoms with Crippen molar-refractivity contribution in [2.45, 2.75) is 13.5 Å². The Hall–Kier alpha value is -2.45. The van der Waals surface area contributed by atoms with Crippen molar-refractivity contribution >= 4 is 21.9 Å². The van der Waals surface area contributed by atoms with Gasteiger partial charge in [0.1, 0.15) is 6.61 Å². The number of carbonyl (C=O) groups excluding carboxylic acids is 1. The van der Waals surface area contributed by atoms with E-state index in [2.05, 4.69) is 21.9 Å². The van der Waals surface area contributed by atoms with Crippen molar-refractivity contribution in [2.75, 3.05) is 13.2 Å². The molecule has 5 heteroatoms. The number of hydrogen-bond acceptors (Lipinski definition) is 4. The average molecular weight is 389 g/mol. The van der Waals surface area contributed by atoms with Crippen LogP contribution in [0.3, 0.4) is 0 Å². The molecule has 0 spiro atoms. The van der Waals surface area contributed by atoms with E-state index >= 15 is 0 Å². The number of halogens is 1. The Kier molecular flexibility index (Phi) is 6.71. The normalized spacial score (nSPS) is 9.88. The van der Waals surface area contributed by atoms with Crippen molar-refractivity contribution in [1.29, 1.82) is 0 Å². The van der Waals surface area contributed by atoms with Crippen LogP contribution in [0, 0.1) is 12.3 Å². The molecule has 0 aromatic heterocycles. The van der Waals surface area contributed by atoms with Crippen molar-refractivity contribution in [2.24, 2.45) is 0 Å². The van der Waals surface area contributed by atoms with Crippen molar-refractivity contribution in [3.8, 4) is 23.8 Å². The predicted octanol–water partition coefficient (Wildman–Crippen LogP) is 4.22. The molecule has 24 heavy (non-hydrogen) atoms. The van der Waals surface area contributed by atoms with Gasteiger partial charge in [0, 0.05) is 4.47 Å². The SMILES string of the molecule is C#CCOC(=O)c1ccc(OCc2cccc(Br)c2)c(OCC)c1. The Labute approximate surface area is 149 Å². The first-order chi connectivity index (χ1) is 11.6. The summed E-state index contributed by atoms with van der Waals surface area (Å²) >= 11 is 3.43. The summed E-state index contributed by atoms with van der Waals surface area (Å²) in [6.07, 6.45) is 5.09. The van der Waals surface area contributed by atoms with Crippen molar-refractivity contribution in [1.82, 2.24) is 0 Å². The summed E-state index contributed by atoms with van der Waals surface area (Å²) in [7, 11) is 0. The number of terminal acetylenes is 1. The number of carbonyl (C=O) groups is 1. The topological polar surface area (TPSA) is 44.8 Å². The van der Waals surface area contributed by atoms with Gasteiger partial charge in [0.05, 0.1) is 12.2 Å². The molecule has 124 valence electrons. The lowest BCUT2D eigenvalue weighted by atomic mass is 10.2. The highest BCUT2D eigenvalue weighted by molar-refractivity contribution is 9.10. The maximum absolute atomic E-state index is 11.9. The fraction of sp³-hybridized carbons (Fsp3) is 0.211. The Morgan fingerprint density at radius 3 is 2.71 bits per heavy atom. The first kappa shape index (κ1) is 17.9. The van der Waals surface area contributed by atoms with Gasteiger partial charge in [0.15, 0.2) is 18.1 Å². The molecule has 0 N–H and O–H groups in total. The van der Waals surface area contributed by atoms with E-state index in [1.54, 1.807) is 18.2 Å². The molecule has 0 amide bonds. The summed E-state index contributed by atoms with van der Waals surface area (Å²) in [4.78, 5) is 11.9. The van der Waals surface area contributed by atoms with E-state index in [9.17, 15) is 4.79 Å². The van der Waals surface area contributed by atoms with E-state index in [1.165, 1.54) is 0 Å². The summed E-state index contributed by atoms with van der Waals surface area (Å²) < 4.78 is 17.3. The van der Waals surface area contributed by atoms with Crippen molar-refractivity contribution in [3.05, 3.63) is 58.1 Å². The third-order valence-corrected chi connectivity index (χ3v) is 3.54. The van der Waals surface area contributed by atoms with Crippen LogP contribution in [-0.2, 0) is 11.3 Å². The second-order valence-corrected chi connectivity index (χ2v) is 5.71. The molecule has 0 unspecified atom stereocenters. The van der Waals surface area contributed by atoms with Crippen LogP contribution >= 0.6 is 15.9 Å². The van der Waals surface area contributed by atoms with E-state index in [0.717, 1.165) is 10.0 Å². The lowest BCUT2D eigenvalue weighted by molar-refractivity contribution is 0.0556. The lowest BCUT2D eigenvalue weighted by Crippen LogP contribution is -2.07. The number of rotatable bonds is 7. The van der Waals surface area contributed by atoms with Crippen LogP contribution in [0.5, 0.6) is 11.5 Å². The molecule has 0 atom stereocenters. The molecule has 2 aromatic carbocycles. The van der Waals surface area contributed by atoms with Crippen LogP contribution in [0.2, 0.25) is 0 Å². The van der Waals surface area contributed by atoms with Crippen LogP contribution in [0.15, 0.2) is 46.9 Å². The molecule has 4 nitrogen and oxygen atoms in total. The molecular formula is C19H17BrO4. The van der Waals surface area contributed by atoms with Gasteiger partial charge in [-0.2, -0.15) is 0 Å². The third-order valence-electron chi connectivity index (χ3n) is 3.05. The van der Waals surface area contributed by atoms with Crippen LogP contribution in [0.1, 0.15) is 22.8 Å². The molecule has 0 saturated heterocycles. The van der Waals surface area contributed by atoms with E-state index in [0.29, 0.717) is 30.3 Å². The summed E-state index contributed by atoms with van der Waals surface area (Å²) in [5.74, 6) is 2.82. The van der Waals surface area contributed by atoms with E-state index < -0.39 is 5.97 Å². The number of ether oxygens (including phenoxy) is 3. The van der Waals surface area contributed by atoms with Crippen molar-refractivity contribution in [3.63, 3.8) is 0 Å². The molecule has 0 radical (unpaired) electrons. The minimum Gasteiger partial charge on any atom is -0.490 e. The second-order valence-electron chi connectivity index (χ2n) is 4.79. The molecule has 0 fully saturated rings. The zero-order valence-electron chi connectivity index (χ0n) is 13.3. The molecule has 0 aliphatic rings. The molecule has 0 aliphatic heterocycles. The second kappa shape index (κ2) is 8.99. The summed E-state index contributed by atoms with van der Waals surface area (Å²) in [5.41, 5.74) is 1.38. The predicted molar refractivity (Wildman–Crippen MR) is 95.2 cm³/mol. The molecule has 2 rings (SSSR count). The molecule has 0 bridgehead atoms. The number of hydrogen-bond donors (Lipinski definition) is 0. The van der Waals surface area contributed by atoms with Gasteiger partial charge >= 0.3 is 5.97 Å². The summed E-state index contributed by atoms with van der Waals surface area (Å²) in [6, 6.07) is 12.7. The molecule has 0 heterocycles. The minimum absolute atomic E-state index is 0.0655. The average Bonchev–Trinajstić information content (AvgIpc) is 2.59. The number of esters is 1.